The largest absolute Gasteiger partial charge is 0.341 e. The smallest absolute Gasteiger partial charge is 0.257 e. The van der Waals surface area contributed by atoms with Crippen molar-refractivity contribution >= 4 is 18.3 Å². The van der Waals surface area contributed by atoms with Crippen LogP contribution in [0.15, 0.2) is 36.5 Å². The fourth-order valence-electron chi connectivity index (χ4n) is 2.43. The van der Waals surface area contributed by atoms with E-state index in [2.05, 4.69) is 18.9 Å². The highest BCUT2D eigenvalue weighted by Crippen LogP contribution is 2.18. The molecule has 5 nitrogen and oxygen atoms in total. The van der Waals surface area contributed by atoms with Crippen molar-refractivity contribution in [1.82, 2.24) is 14.7 Å². The summed E-state index contributed by atoms with van der Waals surface area (Å²) in [7, 11) is 1.80. The molecule has 0 atom stereocenters. The second kappa shape index (κ2) is 7.62. The third-order valence-corrected chi connectivity index (χ3v) is 3.81. The van der Waals surface area contributed by atoms with Crippen LogP contribution in [-0.2, 0) is 0 Å². The molecule has 0 spiro atoms. The summed E-state index contributed by atoms with van der Waals surface area (Å²) in [6.45, 7) is 7.16. The van der Waals surface area contributed by atoms with E-state index in [0.29, 0.717) is 18.7 Å². The van der Waals surface area contributed by atoms with Crippen molar-refractivity contribution in [3.63, 3.8) is 0 Å². The maximum absolute atomic E-state index is 12.6. The number of halogens is 1. The molecule has 0 unspecified atom stereocenters. The number of aromatic nitrogens is 2. The van der Waals surface area contributed by atoms with Crippen LogP contribution >= 0.6 is 12.4 Å². The topological polar surface area (TPSA) is 64.2 Å². The molecule has 1 heterocycles. The summed E-state index contributed by atoms with van der Waals surface area (Å²) in [5.74, 6) is -0.0267. The van der Waals surface area contributed by atoms with Crippen LogP contribution in [0.25, 0.3) is 5.69 Å². The van der Waals surface area contributed by atoms with Crippen molar-refractivity contribution in [2.75, 3.05) is 20.1 Å². The number of para-hydroxylation sites is 1. The predicted molar refractivity (Wildman–Crippen MR) is 95.3 cm³/mol. The second-order valence-electron chi connectivity index (χ2n) is 6.42. The molecule has 0 saturated heterocycles. The van der Waals surface area contributed by atoms with E-state index >= 15 is 0 Å². The Morgan fingerprint density at radius 2 is 1.91 bits per heavy atom. The summed E-state index contributed by atoms with van der Waals surface area (Å²) in [6.07, 6.45) is 1.64. The molecule has 0 aliphatic carbocycles. The lowest BCUT2D eigenvalue weighted by molar-refractivity contribution is 0.0740. The van der Waals surface area contributed by atoms with Gasteiger partial charge in [0.2, 0.25) is 0 Å². The Morgan fingerprint density at radius 1 is 1.30 bits per heavy atom. The zero-order valence-electron chi connectivity index (χ0n) is 14.1. The average Bonchev–Trinajstić information content (AvgIpc) is 2.88. The molecule has 6 heteroatoms. The van der Waals surface area contributed by atoms with Crippen LogP contribution < -0.4 is 5.73 Å². The first-order valence-electron chi connectivity index (χ1n) is 7.41. The molecule has 126 valence electrons. The summed E-state index contributed by atoms with van der Waals surface area (Å²) in [4.78, 5) is 14.4. The number of hydrogen-bond donors (Lipinski definition) is 1. The minimum absolute atomic E-state index is 0. The Hall–Kier alpha value is -1.85. The highest BCUT2D eigenvalue weighted by atomic mass is 35.5. The molecular formula is C17H25ClN4O. The van der Waals surface area contributed by atoms with E-state index in [1.165, 1.54) is 0 Å². The quantitative estimate of drug-likeness (QED) is 0.913. The summed E-state index contributed by atoms with van der Waals surface area (Å²) >= 11 is 0. The Bertz CT molecular complexity index is 652. The van der Waals surface area contributed by atoms with E-state index < -0.39 is 0 Å². The van der Waals surface area contributed by atoms with E-state index in [0.717, 1.165) is 11.4 Å². The van der Waals surface area contributed by atoms with Gasteiger partial charge in [-0.1, -0.05) is 32.0 Å². The molecule has 23 heavy (non-hydrogen) atoms. The SMILES string of the molecule is Cc1c(C(=O)N(C)CC(C)(C)CN)cnn1-c1ccccc1.Cl. The lowest BCUT2D eigenvalue weighted by atomic mass is 9.93. The monoisotopic (exact) mass is 336 g/mol. The molecule has 1 aromatic carbocycles. The number of nitrogens with two attached hydrogens (primary N) is 1. The first-order chi connectivity index (χ1) is 10.4. The van der Waals surface area contributed by atoms with Crippen LogP contribution in [0.1, 0.15) is 29.9 Å². The van der Waals surface area contributed by atoms with Gasteiger partial charge in [-0.2, -0.15) is 5.10 Å². The van der Waals surface area contributed by atoms with Crippen molar-refractivity contribution in [2.24, 2.45) is 11.1 Å². The fourth-order valence-corrected chi connectivity index (χ4v) is 2.43. The van der Waals surface area contributed by atoms with Crippen molar-refractivity contribution in [1.29, 1.82) is 0 Å². The van der Waals surface area contributed by atoms with Gasteiger partial charge in [0.25, 0.3) is 5.91 Å². The molecule has 0 fully saturated rings. The van der Waals surface area contributed by atoms with E-state index in [9.17, 15) is 4.79 Å². The number of hydrogen-bond acceptors (Lipinski definition) is 3. The van der Waals surface area contributed by atoms with Crippen LogP contribution in [0.3, 0.4) is 0 Å². The van der Waals surface area contributed by atoms with E-state index in [4.69, 9.17) is 5.73 Å². The third kappa shape index (κ3) is 4.33. The third-order valence-electron chi connectivity index (χ3n) is 3.81. The second-order valence-corrected chi connectivity index (χ2v) is 6.42. The molecule has 0 aliphatic rings. The molecule has 0 aliphatic heterocycles. The molecular weight excluding hydrogens is 312 g/mol. The number of carbonyl (C=O) groups excluding carboxylic acids is 1. The van der Waals surface area contributed by atoms with Gasteiger partial charge >= 0.3 is 0 Å². The summed E-state index contributed by atoms with van der Waals surface area (Å²) in [6, 6.07) is 9.80. The predicted octanol–water partition coefficient (Wildman–Crippen LogP) is 2.66. The zero-order chi connectivity index (χ0) is 16.3. The van der Waals surface area contributed by atoms with Crippen LogP contribution in [0.2, 0.25) is 0 Å². The molecule has 2 aromatic rings. The molecule has 2 N–H and O–H groups in total. The Labute approximate surface area is 143 Å². The van der Waals surface area contributed by atoms with Gasteiger partial charge in [0.1, 0.15) is 0 Å². The minimum Gasteiger partial charge on any atom is -0.341 e. The van der Waals surface area contributed by atoms with Crippen LogP contribution in [0.4, 0.5) is 0 Å². The normalized spacial score (nSPS) is 11.0. The maximum atomic E-state index is 12.6. The van der Waals surface area contributed by atoms with Gasteiger partial charge in [-0.25, -0.2) is 4.68 Å². The van der Waals surface area contributed by atoms with Crippen molar-refractivity contribution < 1.29 is 4.79 Å². The van der Waals surface area contributed by atoms with Gasteiger partial charge in [0.15, 0.2) is 0 Å². The van der Waals surface area contributed by atoms with Crippen LogP contribution in [0.5, 0.6) is 0 Å². The minimum atomic E-state index is -0.103. The summed E-state index contributed by atoms with van der Waals surface area (Å²) < 4.78 is 1.79. The molecule has 2 rings (SSSR count). The van der Waals surface area contributed by atoms with Crippen LogP contribution in [-0.4, -0.2) is 40.7 Å². The van der Waals surface area contributed by atoms with Crippen molar-refractivity contribution in [2.45, 2.75) is 20.8 Å². The molecule has 0 saturated carbocycles. The molecule has 1 aromatic heterocycles. The van der Waals surface area contributed by atoms with Gasteiger partial charge in [0.05, 0.1) is 23.1 Å². The fraction of sp³-hybridized carbons (Fsp3) is 0.412. The molecule has 0 radical (unpaired) electrons. The van der Waals surface area contributed by atoms with E-state index in [1.807, 2.05) is 37.3 Å². The Morgan fingerprint density at radius 3 is 2.48 bits per heavy atom. The van der Waals surface area contributed by atoms with Gasteiger partial charge in [0, 0.05) is 13.6 Å². The zero-order valence-corrected chi connectivity index (χ0v) is 14.9. The summed E-state index contributed by atoms with van der Waals surface area (Å²) in [5, 5.41) is 4.35. The standard InChI is InChI=1S/C17H24N4O.ClH/c1-13-15(16(22)20(4)12-17(2,3)11-18)10-19-21(13)14-8-6-5-7-9-14;/h5-10H,11-12,18H2,1-4H3;1H. The lowest BCUT2D eigenvalue weighted by Crippen LogP contribution is -2.39. The Balaban J connectivity index is 0.00000264. The number of rotatable bonds is 5. The van der Waals surface area contributed by atoms with Gasteiger partial charge in [-0.3, -0.25) is 4.79 Å². The highest BCUT2D eigenvalue weighted by molar-refractivity contribution is 5.95. The first-order valence-corrected chi connectivity index (χ1v) is 7.41. The van der Waals surface area contributed by atoms with E-state index in [-0.39, 0.29) is 23.7 Å². The molecule has 0 bridgehead atoms. The van der Waals surface area contributed by atoms with Gasteiger partial charge < -0.3 is 10.6 Å². The summed E-state index contributed by atoms with van der Waals surface area (Å²) in [5.41, 5.74) is 8.06. The van der Waals surface area contributed by atoms with Gasteiger partial charge in [-0.05, 0) is 31.0 Å². The Kier molecular flexibility index (Phi) is 6.36. The molecule has 1 amide bonds. The van der Waals surface area contributed by atoms with Gasteiger partial charge in [-0.15, -0.1) is 12.4 Å². The number of nitrogens with zero attached hydrogens (tertiary/aromatic N) is 3. The van der Waals surface area contributed by atoms with Crippen molar-refractivity contribution in [3.05, 3.63) is 47.8 Å². The van der Waals surface area contributed by atoms with Crippen molar-refractivity contribution in [3.8, 4) is 5.69 Å². The maximum Gasteiger partial charge on any atom is 0.257 e. The highest BCUT2D eigenvalue weighted by Gasteiger charge is 2.24. The average molecular weight is 337 g/mol. The number of carbonyl (C=O) groups is 1. The van der Waals surface area contributed by atoms with Crippen LogP contribution in [0, 0.1) is 12.3 Å². The number of amides is 1. The van der Waals surface area contributed by atoms with E-state index in [1.54, 1.807) is 22.8 Å². The lowest BCUT2D eigenvalue weighted by Gasteiger charge is -2.29. The number of benzene rings is 1. The first kappa shape index (κ1) is 19.2.